The molecule has 0 radical (unpaired) electrons. The van der Waals surface area contributed by atoms with Gasteiger partial charge < -0.3 is 10.1 Å². The topological polar surface area (TPSA) is 107 Å². The number of carbonyl (C=O) groups is 2. The summed E-state index contributed by atoms with van der Waals surface area (Å²) in [5.74, 6) is -0.0825. The lowest BCUT2D eigenvalue weighted by Crippen LogP contribution is -2.47. The number of methoxy groups -OCH3 is 1. The van der Waals surface area contributed by atoms with Gasteiger partial charge in [-0.2, -0.15) is 15.2 Å². The number of rotatable bonds is 5. The maximum Gasteiger partial charge on any atom is 0.349 e. The molecule has 1 aromatic rings. The van der Waals surface area contributed by atoms with Gasteiger partial charge in [0.05, 0.1) is 22.9 Å². The summed E-state index contributed by atoms with van der Waals surface area (Å²) in [5, 5.41) is 11.8. The highest BCUT2D eigenvalue weighted by atomic mass is 16.5. The molecule has 1 aliphatic heterocycles. The first kappa shape index (κ1) is 19.2. The van der Waals surface area contributed by atoms with Crippen molar-refractivity contribution in [2.75, 3.05) is 25.6 Å². The van der Waals surface area contributed by atoms with Gasteiger partial charge in [0.2, 0.25) is 0 Å². The second kappa shape index (κ2) is 8.88. The van der Waals surface area contributed by atoms with Crippen molar-refractivity contribution in [3.05, 3.63) is 54.1 Å². The van der Waals surface area contributed by atoms with E-state index >= 15 is 0 Å². The molecular weight excluding hydrogens is 358 g/mol. The van der Waals surface area contributed by atoms with Crippen LogP contribution in [0.2, 0.25) is 0 Å². The van der Waals surface area contributed by atoms with Crippen molar-refractivity contribution in [3.63, 3.8) is 0 Å². The summed E-state index contributed by atoms with van der Waals surface area (Å²) < 4.78 is 5.05. The van der Waals surface area contributed by atoms with E-state index < -0.39 is 12.1 Å². The van der Waals surface area contributed by atoms with Gasteiger partial charge in [-0.3, -0.25) is 4.90 Å². The number of nitrogens with zero attached hydrogens (tertiary/aromatic N) is 4. The molecule has 1 aromatic carbocycles. The Balaban J connectivity index is 1.89. The van der Waals surface area contributed by atoms with Crippen LogP contribution < -0.4 is 5.32 Å². The fourth-order valence-corrected chi connectivity index (χ4v) is 2.94. The van der Waals surface area contributed by atoms with Crippen LogP contribution in [0, 0.1) is 17.2 Å². The number of amides is 4. The molecule has 2 aliphatic rings. The molecule has 3 rings (SSSR count). The van der Waals surface area contributed by atoms with E-state index in [1.807, 2.05) is 18.2 Å². The number of allylic oxidation sites excluding steroid dienone is 3. The minimum atomic E-state index is -0.661. The maximum atomic E-state index is 12.6. The highest BCUT2D eigenvalue weighted by molar-refractivity contribution is 6.24. The Morgan fingerprint density at radius 1 is 1.39 bits per heavy atom. The van der Waals surface area contributed by atoms with Crippen molar-refractivity contribution in [3.8, 4) is 6.07 Å². The molecule has 1 heterocycles. The van der Waals surface area contributed by atoms with Crippen molar-refractivity contribution in [2.45, 2.75) is 6.42 Å². The molecule has 0 bridgehead atoms. The zero-order valence-electron chi connectivity index (χ0n) is 15.3. The molecular formula is C20H19N5O3. The monoisotopic (exact) mass is 377 g/mol. The van der Waals surface area contributed by atoms with E-state index in [0.29, 0.717) is 42.4 Å². The van der Waals surface area contributed by atoms with Crippen LogP contribution >= 0.6 is 0 Å². The molecule has 0 saturated heterocycles. The molecule has 8 nitrogen and oxygen atoms in total. The minimum absolute atomic E-state index is 0.304. The standard InChI is InChI=1S/C20H19N5O3/c1-28-12-6-11-25-18(15-8-3-5-10-17(15)23-20(25)27)24-19(26)22-16-9-4-2-7-14(16)13-21/h2-5,7-10,15H,6,11-12H2,1H3,(H,22,26)/b24-18-. The van der Waals surface area contributed by atoms with Gasteiger partial charge in [-0.25, -0.2) is 9.59 Å². The number of hydrogen-bond donors (Lipinski definition) is 1. The van der Waals surface area contributed by atoms with Crippen molar-refractivity contribution >= 4 is 29.3 Å². The SMILES string of the molecule is COCCCN1C(=O)N=C2C=CC=CC2/C1=N/C(=O)Nc1ccccc1C#N. The smallest absolute Gasteiger partial charge is 0.349 e. The summed E-state index contributed by atoms with van der Waals surface area (Å²) in [7, 11) is 1.58. The van der Waals surface area contributed by atoms with Crippen molar-refractivity contribution in [1.29, 1.82) is 5.26 Å². The Labute approximate surface area is 162 Å². The fraction of sp³-hybridized carbons (Fsp3) is 0.250. The summed E-state index contributed by atoms with van der Waals surface area (Å²) in [4.78, 5) is 34.7. The lowest BCUT2D eigenvalue weighted by atomic mass is 9.94. The van der Waals surface area contributed by atoms with Gasteiger partial charge in [0, 0.05) is 20.3 Å². The van der Waals surface area contributed by atoms with E-state index in [2.05, 4.69) is 15.3 Å². The number of para-hydroxylation sites is 1. The predicted octanol–water partition coefficient (Wildman–Crippen LogP) is 3.14. The second-order valence-electron chi connectivity index (χ2n) is 6.10. The Morgan fingerprint density at radius 3 is 3.00 bits per heavy atom. The lowest BCUT2D eigenvalue weighted by Gasteiger charge is -2.31. The largest absolute Gasteiger partial charge is 0.385 e. The first-order valence-corrected chi connectivity index (χ1v) is 8.76. The Hall–Kier alpha value is -3.57. The molecule has 0 saturated carbocycles. The number of urea groups is 2. The average molecular weight is 377 g/mol. The number of fused-ring (bicyclic) bond motifs is 1. The number of nitriles is 1. The Bertz CT molecular complexity index is 939. The van der Waals surface area contributed by atoms with Gasteiger partial charge in [-0.15, -0.1) is 0 Å². The molecule has 0 aromatic heterocycles. The maximum absolute atomic E-state index is 12.6. The molecule has 1 aliphatic carbocycles. The van der Waals surface area contributed by atoms with Gasteiger partial charge >= 0.3 is 12.1 Å². The van der Waals surface area contributed by atoms with Crippen LogP contribution in [0.1, 0.15) is 12.0 Å². The summed E-state index contributed by atoms with van der Waals surface area (Å²) in [6.45, 7) is 0.800. The van der Waals surface area contributed by atoms with E-state index in [1.54, 1.807) is 43.5 Å². The van der Waals surface area contributed by atoms with E-state index in [1.165, 1.54) is 4.90 Å². The average Bonchev–Trinajstić information content (AvgIpc) is 2.70. The number of carbonyl (C=O) groups excluding carboxylic acids is 2. The summed E-state index contributed by atoms with van der Waals surface area (Å²) in [6, 6.07) is 7.53. The highest BCUT2D eigenvalue weighted by Crippen LogP contribution is 2.22. The third kappa shape index (κ3) is 4.22. The lowest BCUT2D eigenvalue weighted by molar-refractivity contribution is 0.184. The van der Waals surface area contributed by atoms with Gasteiger partial charge in [0.25, 0.3) is 0 Å². The predicted molar refractivity (Wildman–Crippen MR) is 105 cm³/mol. The van der Waals surface area contributed by atoms with Crippen LogP contribution in [0.4, 0.5) is 15.3 Å². The van der Waals surface area contributed by atoms with E-state index in [0.717, 1.165) is 0 Å². The van der Waals surface area contributed by atoms with Crippen molar-refractivity contribution < 1.29 is 14.3 Å². The highest BCUT2D eigenvalue weighted by Gasteiger charge is 2.34. The van der Waals surface area contributed by atoms with Crippen LogP contribution in [-0.4, -0.2) is 48.8 Å². The van der Waals surface area contributed by atoms with Crippen LogP contribution in [-0.2, 0) is 4.74 Å². The van der Waals surface area contributed by atoms with E-state index in [4.69, 9.17) is 4.74 Å². The molecule has 4 amide bonds. The zero-order chi connectivity index (χ0) is 19.9. The van der Waals surface area contributed by atoms with Gasteiger partial charge in [-0.1, -0.05) is 30.4 Å². The van der Waals surface area contributed by atoms with Crippen LogP contribution in [0.5, 0.6) is 0 Å². The number of amidine groups is 1. The summed E-state index contributed by atoms with van der Waals surface area (Å²) in [6.07, 6.45) is 7.75. The molecule has 1 unspecified atom stereocenters. The molecule has 28 heavy (non-hydrogen) atoms. The first-order valence-electron chi connectivity index (χ1n) is 8.76. The minimum Gasteiger partial charge on any atom is -0.385 e. The molecule has 0 fully saturated rings. The van der Waals surface area contributed by atoms with Crippen molar-refractivity contribution in [2.24, 2.45) is 15.9 Å². The number of aliphatic imine (C=N–C) groups is 2. The van der Waals surface area contributed by atoms with Crippen LogP contribution in [0.3, 0.4) is 0 Å². The van der Waals surface area contributed by atoms with Gasteiger partial charge in [0.15, 0.2) is 0 Å². The quantitative estimate of drug-likeness (QED) is 0.795. The third-order valence-corrected chi connectivity index (χ3v) is 4.25. The molecule has 0 spiro atoms. The normalized spacial score (nSPS) is 19.2. The summed E-state index contributed by atoms with van der Waals surface area (Å²) >= 11 is 0. The van der Waals surface area contributed by atoms with Gasteiger partial charge in [-0.05, 0) is 24.6 Å². The molecule has 1 N–H and O–H groups in total. The van der Waals surface area contributed by atoms with E-state index in [9.17, 15) is 14.9 Å². The Morgan fingerprint density at radius 2 is 2.21 bits per heavy atom. The zero-order valence-corrected chi connectivity index (χ0v) is 15.3. The van der Waals surface area contributed by atoms with Crippen molar-refractivity contribution in [1.82, 2.24) is 4.90 Å². The van der Waals surface area contributed by atoms with E-state index in [-0.39, 0.29) is 5.92 Å². The van der Waals surface area contributed by atoms with Crippen LogP contribution in [0.25, 0.3) is 0 Å². The molecule has 1 atom stereocenters. The number of anilines is 1. The number of nitrogens with one attached hydrogen (secondary N) is 1. The number of ether oxygens (including phenoxy) is 1. The van der Waals surface area contributed by atoms with Gasteiger partial charge in [0.1, 0.15) is 11.9 Å². The Kier molecular flexibility index (Phi) is 6.09. The summed E-state index contributed by atoms with van der Waals surface area (Å²) in [5.41, 5.74) is 1.23. The molecule has 142 valence electrons. The van der Waals surface area contributed by atoms with Crippen LogP contribution in [0.15, 0.2) is 58.6 Å². The number of benzene rings is 1. The fourth-order valence-electron chi connectivity index (χ4n) is 2.94. The first-order chi connectivity index (χ1) is 13.6. The second-order valence-corrected chi connectivity index (χ2v) is 6.10. The third-order valence-electron chi connectivity index (χ3n) is 4.25. The molecule has 8 heteroatoms. The number of hydrogen-bond acceptors (Lipinski definition) is 4.